The second kappa shape index (κ2) is 6.14. The first-order valence-corrected chi connectivity index (χ1v) is 7.57. The van der Waals surface area contributed by atoms with E-state index < -0.39 is 0 Å². The van der Waals surface area contributed by atoms with Crippen molar-refractivity contribution < 1.29 is 9.30 Å². The molecule has 1 aromatic heterocycles. The topological polar surface area (TPSA) is 18.0 Å². The van der Waals surface area contributed by atoms with E-state index in [-0.39, 0.29) is 0 Å². The predicted octanol–water partition coefficient (Wildman–Crippen LogP) is 3.87. The highest BCUT2D eigenvalue weighted by Gasteiger charge is 2.12. The van der Waals surface area contributed by atoms with Crippen LogP contribution in [0.5, 0.6) is 5.75 Å². The molecular weight excluding hydrogens is 328 g/mol. The van der Waals surface area contributed by atoms with Gasteiger partial charge in [0.2, 0.25) is 6.33 Å². The summed E-state index contributed by atoms with van der Waals surface area (Å²) in [5.74, 6) is 0.873. The van der Waals surface area contributed by atoms with Gasteiger partial charge in [0.05, 0.1) is 6.20 Å². The van der Waals surface area contributed by atoms with Crippen molar-refractivity contribution in [2.45, 2.75) is 6.54 Å². The number of ether oxygens (including phenoxy) is 1. The van der Waals surface area contributed by atoms with Crippen molar-refractivity contribution in [2.75, 3.05) is 6.61 Å². The minimum atomic E-state index is 0.617. The van der Waals surface area contributed by atoms with Crippen molar-refractivity contribution in [1.82, 2.24) is 4.57 Å². The molecule has 0 saturated carbocycles. The summed E-state index contributed by atoms with van der Waals surface area (Å²) in [6.07, 6.45) is 3.86. The first-order valence-electron chi connectivity index (χ1n) is 6.78. The molecule has 0 saturated heterocycles. The molecule has 0 aliphatic heterocycles. The first-order chi connectivity index (χ1) is 10.3. The van der Waals surface area contributed by atoms with Crippen LogP contribution in [0, 0.1) is 0 Å². The zero-order valence-electron chi connectivity index (χ0n) is 11.6. The van der Waals surface area contributed by atoms with Crippen molar-refractivity contribution in [3.8, 4) is 5.75 Å². The second-order valence-corrected chi connectivity index (χ2v) is 5.61. The van der Waals surface area contributed by atoms with E-state index in [9.17, 15) is 0 Å². The predicted molar refractivity (Wildman–Crippen MR) is 88.2 cm³/mol. The Morgan fingerprint density at radius 3 is 2.86 bits per heavy atom. The smallest absolute Gasteiger partial charge is 0.249 e. The highest BCUT2D eigenvalue weighted by Crippen LogP contribution is 2.17. The van der Waals surface area contributed by atoms with Crippen molar-refractivity contribution in [1.29, 1.82) is 0 Å². The van der Waals surface area contributed by atoms with E-state index in [0.717, 1.165) is 22.3 Å². The van der Waals surface area contributed by atoms with E-state index in [1.165, 1.54) is 5.52 Å². The molecule has 106 valence electrons. The van der Waals surface area contributed by atoms with Gasteiger partial charge < -0.3 is 4.74 Å². The number of rotatable bonds is 5. The zero-order chi connectivity index (χ0) is 14.7. The van der Waals surface area contributed by atoms with Gasteiger partial charge in [-0.05, 0) is 30.3 Å². The van der Waals surface area contributed by atoms with Gasteiger partial charge in [0.25, 0.3) is 0 Å². The maximum Gasteiger partial charge on any atom is 0.249 e. The van der Waals surface area contributed by atoms with Gasteiger partial charge >= 0.3 is 0 Å². The molecule has 0 spiro atoms. The maximum absolute atomic E-state index is 5.80. The normalized spacial score (nSPS) is 10.7. The van der Waals surface area contributed by atoms with E-state index in [1.54, 1.807) is 0 Å². The second-order valence-electron chi connectivity index (χ2n) is 4.69. The Morgan fingerprint density at radius 1 is 1.19 bits per heavy atom. The van der Waals surface area contributed by atoms with Crippen LogP contribution in [-0.4, -0.2) is 11.2 Å². The summed E-state index contributed by atoms with van der Waals surface area (Å²) in [4.78, 5) is 0. The molecule has 4 heteroatoms. The molecule has 1 heterocycles. The largest absolute Gasteiger partial charge is 0.489 e. The monoisotopic (exact) mass is 343 g/mol. The van der Waals surface area contributed by atoms with Crippen LogP contribution in [0.1, 0.15) is 0 Å². The van der Waals surface area contributed by atoms with Gasteiger partial charge in [-0.2, -0.15) is 0 Å². The molecular formula is C17H16BrN2O+. The Labute approximate surface area is 132 Å². The van der Waals surface area contributed by atoms with Crippen molar-refractivity contribution >= 4 is 33.2 Å². The summed E-state index contributed by atoms with van der Waals surface area (Å²) in [6, 6.07) is 16.2. The lowest BCUT2D eigenvalue weighted by molar-refractivity contribution is -0.672. The lowest BCUT2D eigenvalue weighted by atomic mass is 10.3. The van der Waals surface area contributed by atoms with Gasteiger partial charge in [0.1, 0.15) is 18.9 Å². The van der Waals surface area contributed by atoms with E-state index >= 15 is 0 Å². The molecule has 0 radical (unpaired) electrons. The fourth-order valence-corrected chi connectivity index (χ4v) is 2.72. The number of halogens is 1. The van der Waals surface area contributed by atoms with E-state index in [4.69, 9.17) is 4.74 Å². The molecule has 0 aliphatic rings. The molecule has 0 N–H and O–H groups in total. The summed E-state index contributed by atoms with van der Waals surface area (Å²) in [7, 11) is 0. The summed E-state index contributed by atoms with van der Waals surface area (Å²) >= 11 is 3.44. The van der Waals surface area contributed by atoms with Crippen LogP contribution < -0.4 is 9.30 Å². The summed E-state index contributed by atoms with van der Waals surface area (Å²) in [6.45, 7) is 5.25. The molecule has 3 aromatic rings. The van der Waals surface area contributed by atoms with Crippen LogP contribution in [-0.2, 0) is 6.54 Å². The molecule has 0 fully saturated rings. The molecule has 0 aliphatic carbocycles. The maximum atomic E-state index is 5.80. The third-order valence-electron chi connectivity index (χ3n) is 3.33. The molecule has 0 amide bonds. The number of nitrogens with zero attached hydrogens (tertiary/aromatic N) is 2. The van der Waals surface area contributed by atoms with Crippen molar-refractivity contribution in [2.24, 2.45) is 0 Å². The molecule has 0 atom stereocenters. The van der Waals surface area contributed by atoms with Gasteiger partial charge in [-0.15, -0.1) is 0 Å². The van der Waals surface area contributed by atoms with E-state index in [0.29, 0.717) is 6.61 Å². The highest BCUT2D eigenvalue weighted by molar-refractivity contribution is 9.10. The van der Waals surface area contributed by atoms with Gasteiger partial charge in [-0.1, -0.05) is 40.7 Å². The van der Waals surface area contributed by atoms with Crippen LogP contribution in [0.15, 0.2) is 65.9 Å². The zero-order valence-corrected chi connectivity index (χ0v) is 13.2. The Morgan fingerprint density at radius 2 is 2.05 bits per heavy atom. The number of fused-ring (bicyclic) bond motifs is 1. The van der Waals surface area contributed by atoms with Crippen LogP contribution in [0.3, 0.4) is 0 Å². The molecule has 21 heavy (non-hydrogen) atoms. The Hall–Kier alpha value is -2.07. The standard InChI is InChI=1S/C17H16BrN2O/c1-2-19-13-20(17-9-4-3-8-16(17)19)10-11-21-15-7-5-6-14(18)12-15/h2-9,12-13H,1,10-11H2/q+1. The number of benzene rings is 2. The molecule has 3 rings (SSSR count). The lowest BCUT2D eigenvalue weighted by Gasteiger charge is -2.05. The number of aromatic nitrogens is 2. The molecule has 0 unspecified atom stereocenters. The van der Waals surface area contributed by atoms with E-state index in [2.05, 4.69) is 39.2 Å². The van der Waals surface area contributed by atoms with Crippen molar-refractivity contribution in [3.63, 3.8) is 0 Å². The number of hydrogen-bond acceptors (Lipinski definition) is 1. The van der Waals surface area contributed by atoms with Gasteiger partial charge in [-0.25, -0.2) is 9.13 Å². The minimum absolute atomic E-state index is 0.617. The average molecular weight is 344 g/mol. The fourth-order valence-electron chi connectivity index (χ4n) is 2.34. The quantitative estimate of drug-likeness (QED) is 0.643. The first kappa shape index (κ1) is 13.9. The fraction of sp³-hybridized carbons (Fsp3) is 0.118. The van der Waals surface area contributed by atoms with E-state index in [1.807, 2.05) is 53.5 Å². The third-order valence-corrected chi connectivity index (χ3v) is 3.82. The van der Waals surface area contributed by atoms with Crippen LogP contribution in [0.25, 0.3) is 17.2 Å². The van der Waals surface area contributed by atoms with Gasteiger partial charge in [-0.3, -0.25) is 0 Å². The Balaban J connectivity index is 1.75. The van der Waals surface area contributed by atoms with Crippen LogP contribution >= 0.6 is 15.9 Å². The SMILES string of the molecule is C=Cn1c[n+](CCOc2cccc(Br)c2)c2ccccc21. The minimum Gasteiger partial charge on any atom is -0.489 e. The van der Waals surface area contributed by atoms with Gasteiger partial charge in [0.15, 0.2) is 11.0 Å². The average Bonchev–Trinajstić information content (AvgIpc) is 2.86. The van der Waals surface area contributed by atoms with Gasteiger partial charge in [0, 0.05) is 4.47 Å². The lowest BCUT2D eigenvalue weighted by Crippen LogP contribution is -2.35. The highest BCUT2D eigenvalue weighted by atomic mass is 79.9. The Kier molecular flexibility index (Phi) is 4.06. The van der Waals surface area contributed by atoms with Crippen molar-refractivity contribution in [3.05, 3.63) is 65.9 Å². The summed E-state index contributed by atoms with van der Waals surface area (Å²) in [5, 5.41) is 0. The summed E-state index contributed by atoms with van der Waals surface area (Å²) in [5.41, 5.74) is 2.32. The van der Waals surface area contributed by atoms with Crippen LogP contribution in [0.2, 0.25) is 0 Å². The number of imidazole rings is 1. The molecule has 0 bridgehead atoms. The molecule has 3 nitrogen and oxygen atoms in total. The number of para-hydroxylation sites is 2. The number of hydrogen-bond donors (Lipinski definition) is 0. The molecule has 2 aromatic carbocycles. The third kappa shape index (κ3) is 3.00. The Bertz CT molecular complexity index is 779. The van der Waals surface area contributed by atoms with Crippen LogP contribution in [0.4, 0.5) is 0 Å². The summed E-state index contributed by atoms with van der Waals surface area (Å²) < 4.78 is 11.0.